The summed E-state index contributed by atoms with van der Waals surface area (Å²) >= 11 is 0. The quantitative estimate of drug-likeness (QED) is 0.540. The Bertz CT molecular complexity index is 238. The summed E-state index contributed by atoms with van der Waals surface area (Å²) in [6.45, 7) is 4.17. The number of dihydropyridines is 1. The molecule has 0 fully saturated rings. The maximum atomic E-state index is 4.21. The van der Waals surface area contributed by atoms with Gasteiger partial charge in [-0.05, 0) is 26.0 Å². The lowest BCUT2D eigenvalue weighted by molar-refractivity contribution is 1.15. The van der Waals surface area contributed by atoms with Gasteiger partial charge >= 0.3 is 0 Å². The minimum Gasteiger partial charge on any atom is -0.261 e. The van der Waals surface area contributed by atoms with Crippen LogP contribution in [0.5, 0.6) is 0 Å². The summed E-state index contributed by atoms with van der Waals surface area (Å²) in [5.74, 6) is 0. The number of allylic oxidation sites excluding steroid dienone is 5. The van der Waals surface area contributed by atoms with Crippen LogP contribution in [-0.4, -0.2) is 6.21 Å². The van der Waals surface area contributed by atoms with Gasteiger partial charge in [-0.2, -0.15) is 0 Å². The highest BCUT2D eigenvalue weighted by molar-refractivity contribution is 5.73. The first-order valence-electron chi connectivity index (χ1n) is 3.82. The second kappa shape index (κ2) is 3.91. The zero-order valence-corrected chi connectivity index (χ0v) is 7.04. The van der Waals surface area contributed by atoms with E-state index >= 15 is 0 Å². The first kappa shape index (κ1) is 7.99. The predicted molar refractivity (Wildman–Crippen MR) is 49.8 cm³/mol. The van der Waals surface area contributed by atoms with E-state index in [0.717, 1.165) is 12.1 Å². The molecule has 1 aliphatic rings. The van der Waals surface area contributed by atoms with Crippen molar-refractivity contribution in [1.29, 1.82) is 0 Å². The smallest absolute Gasteiger partial charge is 0.0441 e. The third-order valence-corrected chi connectivity index (χ3v) is 1.40. The Labute approximate surface area is 67.8 Å². The molecular weight excluding hydrogens is 134 g/mol. The molecule has 0 aromatic heterocycles. The van der Waals surface area contributed by atoms with Crippen LogP contribution in [0.3, 0.4) is 0 Å². The minimum absolute atomic E-state index is 0.959. The molecule has 0 saturated heterocycles. The van der Waals surface area contributed by atoms with E-state index < -0.39 is 0 Å². The number of aliphatic imine (C=N–C) groups is 1. The van der Waals surface area contributed by atoms with E-state index in [-0.39, 0.29) is 0 Å². The molecule has 0 amide bonds. The monoisotopic (exact) mass is 147 g/mol. The molecule has 11 heavy (non-hydrogen) atoms. The molecule has 0 atom stereocenters. The van der Waals surface area contributed by atoms with E-state index in [9.17, 15) is 0 Å². The van der Waals surface area contributed by atoms with Gasteiger partial charge in [0.25, 0.3) is 0 Å². The van der Waals surface area contributed by atoms with Crippen molar-refractivity contribution >= 4 is 6.21 Å². The Kier molecular flexibility index (Phi) is 2.84. The topological polar surface area (TPSA) is 12.4 Å². The molecule has 0 aromatic carbocycles. The normalized spacial score (nSPS) is 18.9. The van der Waals surface area contributed by atoms with Gasteiger partial charge in [0.2, 0.25) is 0 Å². The van der Waals surface area contributed by atoms with E-state index in [2.05, 4.69) is 37.1 Å². The number of nitrogens with zero attached hydrogens (tertiary/aromatic N) is 1. The van der Waals surface area contributed by atoms with Crippen LogP contribution in [0, 0.1) is 0 Å². The van der Waals surface area contributed by atoms with Crippen molar-refractivity contribution < 1.29 is 0 Å². The molecule has 1 heterocycles. The zero-order chi connectivity index (χ0) is 8.10. The Morgan fingerprint density at radius 1 is 1.55 bits per heavy atom. The summed E-state index contributed by atoms with van der Waals surface area (Å²) < 4.78 is 0. The molecule has 1 rings (SSSR count). The average Bonchev–Trinajstić information content (AvgIpc) is 2.03. The van der Waals surface area contributed by atoms with Gasteiger partial charge in [-0.15, -0.1) is 0 Å². The van der Waals surface area contributed by atoms with Gasteiger partial charge in [-0.3, -0.25) is 4.99 Å². The molecule has 0 bridgehead atoms. The second-order valence-electron chi connectivity index (χ2n) is 2.81. The van der Waals surface area contributed by atoms with Gasteiger partial charge in [-0.25, -0.2) is 0 Å². The maximum absolute atomic E-state index is 4.21. The first-order valence-corrected chi connectivity index (χ1v) is 3.82. The van der Waals surface area contributed by atoms with Gasteiger partial charge in [0.15, 0.2) is 0 Å². The summed E-state index contributed by atoms with van der Waals surface area (Å²) in [4.78, 5) is 4.21. The highest BCUT2D eigenvalue weighted by Gasteiger charge is 1.91. The van der Waals surface area contributed by atoms with Crippen molar-refractivity contribution in [3.63, 3.8) is 0 Å². The summed E-state index contributed by atoms with van der Waals surface area (Å²) in [5.41, 5.74) is 2.44. The molecule has 1 nitrogen and oxygen atoms in total. The van der Waals surface area contributed by atoms with Crippen LogP contribution in [0.25, 0.3) is 0 Å². The first-order chi connectivity index (χ1) is 5.29. The molecule has 1 heteroatoms. The molecule has 0 radical (unpaired) electrons. The third-order valence-electron chi connectivity index (χ3n) is 1.40. The molecule has 0 spiro atoms. The van der Waals surface area contributed by atoms with Gasteiger partial charge in [0, 0.05) is 18.3 Å². The molecule has 58 valence electrons. The predicted octanol–water partition coefficient (Wildman–Crippen LogP) is 2.87. The van der Waals surface area contributed by atoms with Gasteiger partial charge in [0.1, 0.15) is 0 Å². The lowest BCUT2D eigenvalue weighted by Crippen LogP contribution is -1.82. The third kappa shape index (κ3) is 2.99. The van der Waals surface area contributed by atoms with Crippen LogP contribution in [0.2, 0.25) is 0 Å². The van der Waals surface area contributed by atoms with Crippen molar-refractivity contribution in [3.8, 4) is 0 Å². The lowest BCUT2D eigenvalue weighted by atomic mass is 10.2. The van der Waals surface area contributed by atoms with Crippen LogP contribution < -0.4 is 0 Å². The van der Waals surface area contributed by atoms with Crippen molar-refractivity contribution in [2.45, 2.75) is 20.3 Å². The van der Waals surface area contributed by atoms with E-state index in [0.29, 0.717) is 0 Å². The van der Waals surface area contributed by atoms with E-state index in [1.54, 1.807) is 0 Å². The average molecular weight is 147 g/mol. The summed E-state index contributed by atoms with van der Waals surface area (Å²) in [5, 5.41) is 0. The van der Waals surface area contributed by atoms with Crippen LogP contribution >= 0.6 is 0 Å². The van der Waals surface area contributed by atoms with Crippen LogP contribution in [0.15, 0.2) is 40.6 Å². The molecule has 0 aliphatic carbocycles. The van der Waals surface area contributed by atoms with Crippen LogP contribution in [0.4, 0.5) is 0 Å². The Morgan fingerprint density at radius 2 is 2.36 bits per heavy atom. The summed E-state index contributed by atoms with van der Waals surface area (Å²) in [7, 11) is 0. The van der Waals surface area contributed by atoms with Crippen LogP contribution in [-0.2, 0) is 0 Å². The minimum atomic E-state index is 0.959. The molecule has 1 aliphatic heterocycles. The summed E-state index contributed by atoms with van der Waals surface area (Å²) in [6, 6.07) is 0. The zero-order valence-electron chi connectivity index (χ0n) is 7.04. The highest BCUT2D eigenvalue weighted by Crippen LogP contribution is 2.08. The van der Waals surface area contributed by atoms with Gasteiger partial charge in [0.05, 0.1) is 0 Å². The Morgan fingerprint density at radius 3 is 2.91 bits per heavy atom. The molecular formula is C10H13N. The van der Waals surface area contributed by atoms with Crippen molar-refractivity contribution in [2.24, 2.45) is 4.99 Å². The van der Waals surface area contributed by atoms with E-state index in [1.165, 1.54) is 5.57 Å². The van der Waals surface area contributed by atoms with Crippen molar-refractivity contribution in [1.82, 2.24) is 0 Å². The number of rotatable bonds is 1. The molecule has 0 aromatic rings. The maximum Gasteiger partial charge on any atom is 0.0441 e. The number of hydrogen-bond donors (Lipinski definition) is 0. The van der Waals surface area contributed by atoms with Gasteiger partial charge in [-0.1, -0.05) is 17.7 Å². The number of hydrogen-bond acceptors (Lipinski definition) is 1. The Balaban J connectivity index is 2.61. The highest BCUT2D eigenvalue weighted by atomic mass is 14.7. The van der Waals surface area contributed by atoms with Crippen molar-refractivity contribution in [3.05, 3.63) is 35.6 Å². The van der Waals surface area contributed by atoms with E-state index in [4.69, 9.17) is 0 Å². The fraction of sp³-hybridized carbons (Fsp3) is 0.300. The van der Waals surface area contributed by atoms with Crippen molar-refractivity contribution in [2.75, 3.05) is 0 Å². The molecule has 0 unspecified atom stereocenters. The standard InChI is InChI=1S/C10H13N/c1-9(2)6-7-10-5-3-4-8-11-10/h3-4,6-8H,5H2,1-2H3/b10-7+. The molecule has 0 N–H and O–H groups in total. The lowest BCUT2D eigenvalue weighted by Gasteiger charge is -1.98. The summed E-state index contributed by atoms with van der Waals surface area (Å²) in [6.07, 6.45) is 11.0. The van der Waals surface area contributed by atoms with Gasteiger partial charge < -0.3 is 0 Å². The van der Waals surface area contributed by atoms with E-state index in [1.807, 2.05) is 12.3 Å². The second-order valence-corrected chi connectivity index (χ2v) is 2.81. The molecule has 0 saturated carbocycles. The van der Waals surface area contributed by atoms with Crippen LogP contribution in [0.1, 0.15) is 20.3 Å². The largest absolute Gasteiger partial charge is 0.261 e. The fourth-order valence-electron chi connectivity index (χ4n) is 0.815. The Hall–Kier alpha value is -1.11. The SMILES string of the molecule is CC(C)=C/C=C1\CC=CC=N1. The fourth-order valence-corrected chi connectivity index (χ4v) is 0.815.